The summed E-state index contributed by atoms with van der Waals surface area (Å²) in [5.74, 6) is -0.913. The molecule has 2 aromatic rings. The van der Waals surface area contributed by atoms with Crippen LogP contribution >= 0.6 is 0 Å². The molecule has 38 heavy (non-hydrogen) atoms. The van der Waals surface area contributed by atoms with E-state index in [9.17, 15) is 14.4 Å². The Morgan fingerprint density at radius 1 is 1.11 bits per heavy atom. The Morgan fingerprint density at radius 3 is 2.47 bits per heavy atom. The normalized spacial score (nSPS) is 22.6. The van der Waals surface area contributed by atoms with Gasteiger partial charge in [-0.2, -0.15) is 0 Å². The molecule has 3 amide bonds. The summed E-state index contributed by atoms with van der Waals surface area (Å²) in [6.45, 7) is 2.02. The Kier molecular flexibility index (Phi) is 9.73. The molecule has 2 saturated heterocycles. The van der Waals surface area contributed by atoms with Gasteiger partial charge in [0.15, 0.2) is 0 Å². The first-order valence-electron chi connectivity index (χ1n) is 13.9. The van der Waals surface area contributed by atoms with E-state index in [-0.39, 0.29) is 38.2 Å². The molecule has 0 spiro atoms. The van der Waals surface area contributed by atoms with E-state index in [0.717, 1.165) is 17.5 Å². The van der Waals surface area contributed by atoms with E-state index < -0.39 is 18.1 Å². The molecule has 2 aromatic carbocycles. The van der Waals surface area contributed by atoms with E-state index in [1.165, 1.54) is 5.31 Å². The lowest BCUT2D eigenvalue weighted by Gasteiger charge is -2.29. The minimum Gasteiger partial charge on any atom is -1.00 e. The fourth-order valence-corrected chi connectivity index (χ4v) is 4.99. The highest BCUT2D eigenvalue weighted by Gasteiger charge is 2.42. The van der Waals surface area contributed by atoms with Crippen molar-refractivity contribution in [3.63, 3.8) is 0 Å². The predicted octanol–water partition coefficient (Wildman–Crippen LogP) is 1.23. The zero-order valence-corrected chi connectivity index (χ0v) is 21.8. The number of nitrogens with two attached hydrogens (primary N) is 1. The molecular weight excluding hydrogens is 482 g/mol. The van der Waals surface area contributed by atoms with Crippen molar-refractivity contribution in [2.45, 2.75) is 62.9 Å². The molecule has 0 unspecified atom stereocenters. The molecule has 2 aliphatic rings. The molecule has 5 N–H and O–H groups in total. The topological polar surface area (TPSA) is 126 Å². The second kappa shape index (κ2) is 14.0. The van der Waals surface area contributed by atoms with Crippen molar-refractivity contribution in [3.05, 3.63) is 71.8 Å². The molecule has 9 heteroatoms. The number of nitrogens with one attached hydrogen (secondary N) is 3. The van der Waals surface area contributed by atoms with E-state index in [1.54, 1.807) is 4.90 Å². The van der Waals surface area contributed by atoms with Gasteiger partial charge in [-0.25, -0.2) is 0 Å². The minimum atomic E-state index is -0.874. The number of carbonyl (C=O) groups is 3. The Morgan fingerprint density at radius 2 is 1.82 bits per heavy atom. The number of hydrogen-bond donors (Lipinski definition) is 4. The summed E-state index contributed by atoms with van der Waals surface area (Å²) in [7, 11) is 0. The van der Waals surface area contributed by atoms with Crippen LogP contribution in [-0.4, -0.2) is 73.0 Å². The summed E-state index contributed by atoms with van der Waals surface area (Å²) in [4.78, 5) is 41.9. The van der Waals surface area contributed by atoms with E-state index in [0.29, 0.717) is 45.5 Å². The highest BCUT2D eigenvalue weighted by Crippen LogP contribution is 2.24. The molecular formula is C29H40N5O4-. The minimum absolute atomic E-state index is 0. The maximum absolute atomic E-state index is 14.0. The third-order valence-electron chi connectivity index (χ3n) is 7.04. The van der Waals surface area contributed by atoms with Crippen LogP contribution < -0.4 is 21.7 Å². The molecule has 2 heterocycles. The molecule has 4 atom stereocenters. The lowest BCUT2D eigenvalue weighted by molar-refractivity contribution is -0.141. The highest BCUT2D eigenvalue weighted by atomic mass is 16.5. The molecule has 4 rings (SSSR count). The fraction of sp³-hybridized carbons (Fsp3) is 0.483. The zero-order chi connectivity index (χ0) is 27.6. The largest absolute Gasteiger partial charge is 1.00 e. The Bertz CT molecular complexity index is 1090. The van der Waals surface area contributed by atoms with Crippen molar-refractivity contribution in [2.24, 2.45) is 5.73 Å². The number of hydrogen-bond acceptors (Lipinski definition) is 6. The number of likely N-dealkylation sites (tertiary alicyclic amines) is 1. The van der Waals surface area contributed by atoms with Crippen LogP contribution in [0.5, 0.6) is 0 Å². The Balaban J connectivity index is 0.00000441. The molecule has 0 bridgehead atoms. The monoisotopic (exact) mass is 524 g/mol. The van der Waals surface area contributed by atoms with E-state index in [2.05, 4.69) is 10.6 Å². The number of nitrogens with zero attached hydrogens (tertiary/aromatic N) is 1. The van der Waals surface area contributed by atoms with Gasteiger partial charge in [-0.1, -0.05) is 60.7 Å². The van der Waals surface area contributed by atoms with Crippen LogP contribution in [-0.2, 0) is 32.1 Å². The standard InChI is InChI=1S/C29H39N5O4.H/c30-14-8-16-32-28(36)26-18-23(38-20-22-11-5-2-6-12-22)19-34(26)29(37)25(17-21-9-3-1-4-10-21)33-27(35)24-13-7-15-31-24;/h1-6,9-12,23-26,31H,7-8,13-20,30H2,(H,32,36)(H,33,35);/q;-1/t23-,24-,25+,26+;/m1./s1/i;1+1/hD. The van der Waals surface area contributed by atoms with Crippen molar-refractivity contribution >= 4 is 17.7 Å². The SMILES string of the molecule is [2H-].[2H]N1CCC[C@@H]1C(=O)N[C@@H](Cc1ccccc1)C(=O)N1C[C@H](OCc2ccccc2)C[C@H]1C(=O)NCCCN. The third-order valence-corrected chi connectivity index (χ3v) is 7.04. The average molecular weight is 525 g/mol. The van der Waals surface area contributed by atoms with Crippen molar-refractivity contribution in [1.29, 1.82) is 0 Å². The second-order valence-corrected chi connectivity index (χ2v) is 9.91. The number of amides is 3. The number of ether oxygens (including phenoxy) is 1. The van der Waals surface area contributed by atoms with Crippen LogP contribution in [0.4, 0.5) is 0 Å². The molecule has 0 radical (unpaired) electrons. The fourth-order valence-electron chi connectivity index (χ4n) is 4.99. The van der Waals surface area contributed by atoms with Crippen LogP contribution in [0.25, 0.3) is 0 Å². The van der Waals surface area contributed by atoms with Crippen molar-refractivity contribution in [1.82, 2.24) is 20.8 Å². The van der Waals surface area contributed by atoms with Gasteiger partial charge in [0.1, 0.15) is 13.5 Å². The van der Waals surface area contributed by atoms with Gasteiger partial charge in [-0.3, -0.25) is 14.4 Å². The summed E-state index contributed by atoms with van der Waals surface area (Å²) < 4.78 is 14.2. The predicted molar refractivity (Wildman–Crippen MR) is 146 cm³/mol. The van der Waals surface area contributed by atoms with E-state index in [4.69, 9.17) is 11.9 Å². The summed E-state index contributed by atoms with van der Waals surface area (Å²) in [5.41, 5.74) is 7.49. The number of benzene rings is 2. The summed E-state index contributed by atoms with van der Waals surface area (Å²) in [5, 5.41) is 7.09. The average Bonchev–Trinajstić information content (AvgIpc) is 3.59. The maximum Gasteiger partial charge on any atom is 0.246 e. The van der Waals surface area contributed by atoms with Gasteiger partial charge >= 0.3 is 0 Å². The Hall–Kier alpha value is -3.27. The molecule has 2 aliphatic heterocycles. The lowest BCUT2D eigenvalue weighted by Crippen LogP contribution is -2.56. The van der Waals surface area contributed by atoms with E-state index >= 15 is 0 Å². The van der Waals surface area contributed by atoms with Crippen LogP contribution in [0.3, 0.4) is 0 Å². The van der Waals surface area contributed by atoms with Crippen LogP contribution in [0.1, 0.15) is 38.2 Å². The van der Waals surface area contributed by atoms with Crippen molar-refractivity contribution in [2.75, 3.05) is 26.2 Å². The summed E-state index contributed by atoms with van der Waals surface area (Å²) in [6.07, 6.45) is 2.29. The van der Waals surface area contributed by atoms with Gasteiger partial charge in [0, 0.05) is 25.9 Å². The van der Waals surface area contributed by atoms with Gasteiger partial charge < -0.3 is 32.7 Å². The summed E-state index contributed by atoms with van der Waals surface area (Å²) >= 11 is 0. The van der Waals surface area contributed by atoms with Crippen LogP contribution in [0.2, 0.25) is 1.41 Å². The van der Waals surface area contributed by atoms with Crippen LogP contribution in [0.15, 0.2) is 60.7 Å². The number of rotatable bonds is 12. The zero-order valence-electron chi connectivity index (χ0n) is 23.8. The highest BCUT2D eigenvalue weighted by molar-refractivity contribution is 5.93. The first kappa shape index (κ1) is 26.3. The first-order chi connectivity index (χ1) is 19.0. The molecule has 0 saturated carbocycles. The second-order valence-electron chi connectivity index (χ2n) is 9.91. The van der Waals surface area contributed by atoms with Crippen LogP contribution in [0, 0.1) is 0 Å². The van der Waals surface area contributed by atoms with Gasteiger partial charge in [0.05, 0.1) is 18.8 Å². The smallest absolute Gasteiger partial charge is 0.246 e. The third kappa shape index (κ3) is 7.63. The summed E-state index contributed by atoms with van der Waals surface area (Å²) in [6, 6.07) is 17.1. The first-order valence-corrected chi connectivity index (χ1v) is 13.5. The Labute approximate surface area is 227 Å². The molecule has 0 aliphatic carbocycles. The molecule has 9 nitrogen and oxygen atoms in total. The number of carbonyl (C=O) groups excluding carboxylic acids is 3. The molecule has 206 valence electrons. The quantitative estimate of drug-likeness (QED) is 0.310. The van der Waals surface area contributed by atoms with Gasteiger partial charge in [0.2, 0.25) is 17.7 Å². The van der Waals surface area contributed by atoms with Gasteiger partial charge in [-0.15, -0.1) is 0 Å². The lowest BCUT2D eigenvalue weighted by atomic mass is 10.0. The van der Waals surface area contributed by atoms with Gasteiger partial charge in [0.25, 0.3) is 0 Å². The maximum atomic E-state index is 14.0. The van der Waals surface area contributed by atoms with Crippen molar-refractivity contribution in [3.8, 4) is 0 Å². The van der Waals surface area contributed by atoms with E-state index in [1.807, 2.05) is 60.7 Å². The molecule has 0 aromatic heterocycles. The molecule has 2 fully saturated rings. The van der Waals surface area contributed by atoms with Gasteiger partial charge in [-0.05, 0) is 43.5 Å². The van der Waals surface area contributed by atoms with Crippen molar-refractivity contribution < 1.29 is 22.0 Å².